The second-order valence-corrected chi connectivity index (χ2v) is 4.76. The lowest BCUT2D eigenvalue weighted by atomic mass is 10.0. The molecule has 0 unspecified atom stereocenters. The van der Waals surface area contributed by atoms with Gasteiger partial charge >= 0.3 is 0 Å². The number of halogens is 1. The molecular weight excluding hydrogens is 241 g/mol. The lowest BCUT2D eigenvalue weighted by Crippen LogP contribution is -1.99. The van der Waals surface area contributed by atoms with Crippen LogP contribution in [0.15, 0.2) is 42.5 Å². The molecule has 100 valence electrons. The Morgan fingerprint density at radius 3 is 2.47 bits per heavy atom. The summed E-state index contributed by atoms with van der Waals surface area (Å²) in [7, 11) is 0. The highest BCUT2D eigenvalue weighted by Crippen LogP contribution is 2.31. The van der Waals surface area contributed by atoms with Crippen LogP contribution in [0.25, 0.3) is 0 Å². The predicted octanol–water partition coefficient (Wildman–Crippen LogP) is 4.20. The van der Waals surface area contributed by atoms with Crippen LogP contribution in [0.1, 0.15) is 30.9 Å². The molecular formula is C16H18FNO. The van der Waals surface area contributed by atoms with E-state index in [1.165, 1.54) is 6.07 Å². The molecule has 0 aliphatic carbocycles. The van der Waals surface area contributed by atoms with Crippen LogP contribution < -0.4 is 10.5 Å². The van der Waals surface area contributed by atoms with E-state index < -0.39 is 0 Å². The fourth-order valence-electron chi connectivity index (χ4n) is 1.92. The van der Waals surface area contributed by atoms with Crippen LogP contribution in [-0.4, -0.2) is 0 Å². The van der Waals surface area contributed by atoms with E-state index in [-0.39, 0.29) is 11.6 Å². The summed E-state index contributed by atoms with van der Waals surface area (Å²) in [6, 6.07) is 12.5. The highest BCUT2D eigenvalue weighted by molar-refractivity contribution is 5.40. The molecule has 2 aromatic carbocycles. The minimum Gasteiger partial charge on any atom is -0.454 e. The molecule has 0 bridgehead atoms. The van der Waals surface area contributed by atoms with Crippen molar-refractivity contribution in [3.8, 4) is 11.5 Å². The number of nitrogens with two attached hydrogens (primary N) is 1. The topological polar surface area (TPSA) is 35.2 Å². The summed E-state index contributed by atoms with van der Waals surface area (Å²) in [6.45, 7) is 4.48. The molecule has 0 amide bonds. The number of hydrogen-bond acceptors (Lipinski definition) is 2. The Labute approximate surface area is 113 Å². The van der Waals surface area contributed by atoms with E-state index in [0.717, 1.165) is 11.1 Å². The van der Waals surface area contributed by atoms with Gasteiger partial charge in [0.2, 0.25) is 0 Å². The summed E-state index contributed by atoms with van der Waals surface area (Å²) in [5, 5.41) is 0. The van der Waals surface area contributed by atoms with Gasteiger partial charge < -0.3 is 10.5 Å². The summed E-state index contributed by atoms with van der Waals surface area (Å²) in [4.78, 5) is 0. The van der Waals surface area contributed by atoms with Crippen LogP contribution in [0.2, 0.25) is 0 Å². The highest BCUT2D eigenvalue weighted by Gasteiger charge is 2.10. The second kappa shape index (κ2) is 5.85. The molecule has 19 heavy (non-hydrogen) atoms. The van der Waals surface area contributed by atoms with E-state index in [1.54, 1.807) is 12.1 Å². The molecule has 0 aliphatic heterocycles. The third kappa shape index (κ3) is 3.12. The van der Waals surface area contributed by atoms with Gasteiger partial charge in [0.05, 0.1) is 0 Å². The van der Waals surface area contributed by atoms with Gasteiger partial charge in [0.1, 0.15) is 5.75 Å². The van der Waals surface area contributed by atoms with Crippen LogP contribution in [0.4, 0.5) is 4.39 Å². The Balaban J connectivity index is 2.31. The Kier molecular flexibility index (Phi) is 4.17. The zero-order chi connectivity index (χ0) is 13.8. The first-order valence-corrected chi connectivity index (χ1v) is 6.37. The summed E-state index contributed by atoms with van der Waals surface area (Å²) in [5.74, 6) is 0.853. The van der Waals surface area contributed by atoms with Crippen molar-refractivity contribution >= 4 is 0 Å². The third-order valence-electron chi connectivity index (χ3n) is 2.99. The molecule has 0 heterocycles. The smallest absolute Gasteiger partial charge is 0.166 e. The number of hydrogen-bond donors (Lipinski definition) is 1. The maximum absolute atomic E-state index is 13.9. The molecule has 0 fully saturated rings. The number of benzene rings is 2. The average Bonchev–Trinajstić information content (AvgIpc) is 2.41. The first-order valence-electron chi connectivity index (χ1n) is 6.37. The van der Waals surface area contributed by atoms with Gasteiger partial charge in [-0.1, -0.05) is 38.1 Å². The molecule has 0 spiro atoms. The van der Waals surface area contributed by atoms with E-state index in [2.05, 4.69) is 13.8 Å². The van der Waals surface area contributed by atoms with Gasteiger partial charge in [0.25, 0.3) is 0 Å². The van der Waals surface area contributed by atoms with Crippen molar-refractivity contribution in [3.05, 3.63) is 59.4 Å². The SMILES string of the molecule is CC(C)c1ccccc1Oc1ccc(CN)cc1F. The van der Waals surface area contributed by atoms with Crippen molar-refractivity contribution in [1.29, 1.82) is 0 Å². The lowest BCUT2D eigenvalue weighted by Gasteiger charge is -2.14. The van der Waals surface area contributed by atoms with Crippen LogP contribution in [0.5, 0.6) is 11.5 Å². The molecule has 0 saturated heterocycles. The number of rotatable bonds is 4. The summed E-state index contributed by atoms with van der Waals surface area (Å²) in [6.07, 6.45) is 0. The van der Waals surface area contributed by atoms with Crippen molar-refractivity contribution in [2.75, 3.05) is 0 Å². The Morgan fingerprint density at radius 2 is 1.84 bits per heavy atom. The maximum Gasteiger partial charge on any atom is 0.166 e. The second-order valence-electron chi connectivity index (χ2n) is 4.76. The fraction of sp³-hybridized carbons (Fsp3) is 0.250. The fourth-order valence-corrected chi connectivity index (χ4v) is 1.92. The summed E-state index contributed by atoms with van der Waals surface area (Å²) < 4.78 is 19.6. The summed E-state index contributed by atoms with van der Waals surface area (Å²) >= 11 is 0. The van der Waals surface area contributed by atoms with E-state index in [1.807, 2.05) is 24.3 Å². The van der Waals surface area contributed by atoms with Gasteiger partial charge in [-0.3, -0.25) is 0 Å². The van der Waals surface area contributed by atoms with Crippen molar-refractivity contribution in [2.24, 2.45) is 5.73 Å². The minimum atomic E-state index is -0.387. The van der Waals surface area contributed by atoms with Crippen molar-refractivity contribution in [2.45, 2.75) is 26.3 Å². The molecule has 0 saturated carbocycles. The molecule has 0 aliphatic rings. The first-order chi connectivity index (χ1) is 9.11. The molecule has 2 nitrogen and oxygen atoms in total. The quantitative estimate of drug-likeness (QED) is 0.893. The highest BCUT2D eigenvalue weighted by atomic mass is 19.1. The van der Waals surface area contributed by atoms with E-state index in [0.29, 0.717) is 18.2 Å². The van der Waals surface area contributed by atoms with Crippen LogP contribution in [0.3, 0.4) is 0 Å². The molecule has 2 aromatic rings. The van der Waals surface area contributed by atoms with Crippen LogP contribution >= 0.6 is 0 Å². The monoisotopic (exact) mass is 259 g/mol. The Hall–Kier alpha value is -1.87. The average molecular weight is 259 g/mol. The van der Waals surface area contributed by atoms with Gasteiger partial charge in [-0.05, 0) is 35.2 Å². The third-order valence-corrected chi connectivity index (χ3v) is 2.99. The predicted molar refractivity (Wildman–Crippen MR) is 74.9 cm³/mol. The van der Waals surface area contributed by atoms with Gasteiger partial charge in [0, 0.05) is 6.54 Å². The molecule has 3 heteroatoms. The van der Waals surface area contributed by atoms with Crippen LogP contribution in [-0.2, 0) is 6.54 Å². The van der Waals surface area contributed by atoms with E-state index >= 15 is 0 Å². The first kappa shape index (κ1) is 13.6. The zero-order valence-electron chi connectivity index (χ0n) is 11.2. The maximum atomic E-state index is 13.9. The van der Waals surface area contributed by atoms with Gasteiger partial charge in [-0.15, -0.1) is 0 Å². The van der Waals surface area contributed by atoms with Gasteiger partial charge in [0.15, 0.2) is 11.6 Å². The number of ether oxygens (including phenoxy) is 1. The van der Waals surface area contributed by atoms with Crippen molar-refractivity contribution in [1.82, 2.24) is 0 Å². The molecule has 0 aromatic heterocycles. The largest absolute Gasteiger partial charge is 0.454 e. The number of para-hydroxylation sites is 1. The van der Waals surface area contributed by atoms with E-state index in [4.69, 9.17) is 10.5 Å². The van der Waals surface area contributed by atoms with Crippen LogP contribution in [0, 0.1) is 5.82 Å². The van der Waals surface area contributed by atoms with E-state index in [9.17, 15) is 4.39 Å². The summed E-state index contributed by atoms with van der Waals surface area (Å²) in [5.41, 5.74) is 7.29. The standard InChI is InChI=1S/C16H18FNO/c1-11(2)13-5-3-4-6-15(13)19-16-8-7-12(10-18)9-14(16)17/h3-9,11H,10,18H2,1-2H3. The zero-order valence-corrected chi connectivity index (χ0v) is 11.2. The molecule has 0 atom stereocenters. The minimum absolute atomic E-state index is 0.227. The van der Waals surface area contributed by atoms with Gasteiger partial charge in [-0.2, -0.15) is 0 Å². The molecule has 2 N–H and O–H groups in total. The van der Waals surface area contributed by atoms with Crippen molar-refractivity contribution < 1.29 is 9.13 Å². The Bertz CT molecular complexity index is 566. The molecule has 2 rings (SSSR count). The Morgan fingerprint density at radius 1 is 1.11 bits per heavy atom. The molecule has 0 radical (unpaired) electrons. The normalized spacial score (nSPS) is 10.8. The lowest BCUT2D eigenvalue weighted by molar-refractivity contribution is 0.435. The van der Waals surface area contributed by atoms with Gasteiger partial charge in [-0.25, -0.2) is 4.39 Å². The van der Waals surface area contributed by atoms with Crippen molar-refractivity contribution in [3.63, 3.8) is 0 Å².